The lowest BCUT2D eigenvalue weighted by atomic mass is 9.88. The SMILES string of the molecule is [CH2]C1CCCCC1OCCCCC. The molecule has 0 aromatic heterocycles. The molecular formula is C12H23O. The highest BCUT2D eigenvalue weighted by molar-refractivity contribution is 4.77. The van der Waals surface area contributed by atoms with Gasteiger partial charge in [0.05, 0.1) is 6.10 Å². The molecule has 2 unspecified atom stereocenters. The van der Waals surface area contributed by atoms with Crippen LogP contribution in [0.2, 0.25) is 0 Å². The lowest BCUT2D eigenvalue weighted by molar-refractivity contribution is 0.00131. The predicted molar refractivity (Wildman–Crippen MR) is 56.6 cm³/mol. The second-order valence-electron chi connectivity index (χ2n) is 4.16. The zero-order valence-electron chi connectivity index (χ0n) is 8.93. The molecule has 1 aliphatic carbocycles. The van der Waals surface area contributed by atoms with E-state index in [1.165, 1.54) is 44.9 Å². The molecule has 1 fully saturated rings. The topological polar surface area (TPSA) is 9.23 Å². The highest BCUT2D eigenvalue weighted by atomic mass is 16.5. The summed E-state index contributed by atoms with van der Waals surface area (Å²) in [4.78, 5) is 0. The molecule has 0 aliphatic heterocycles. The fraction of sp³-hybridized carbons (Fsp3) is 0.917. The average molecular weight is 183 g/mol. The Kier molecular flexibility index (Phi) is 5.45. The Hall–Kier alpha value is -0.0400. The predicted octanol–water partition coefficient (Wildman–Crippen LogP) is 3.59. The molecule has 77 valence electrons. The molecule has 2 atom stereocenters. The van der Waals surface area contributed by atoms with E-state index in [-0.39, 0.29) is 0 Å². The van der Waals surface area contributed by atoms with Gasteiger partial charge in [-0.1, -0.05) is 32.6 Å². The van der Waals surface area contributed by atoms with Crippen molar-refractivity contribution in [1.82, 2.24) is 0 Å². The maximum Gasteiger partial charge on any atom is 0.0603 e. The van der Waals surface area contributed by atoms with Crippen molar-refractivity contribution in [2.24, 2.45) is 5.92 Å². The summed E-state index contributed by atoms with van der Waals surface area (Å²) < 4.78 is 5.83. The second-order valence-corrected chi connectivity index (χ2v) is 4.16. The van der Waals surface area contributed by atoms with Gasteiger partial charge in [0.25, 0.3) is 0 Å². The molecule has 13 heavy (non-hydrogen) atoms. The van der Waals surface area contributed by atoms with Gasteiger partial charge in [-0.05, 0) is 32.1 Å². The number of hydrogen-bond acceptors (Lipinski definition) is 1. The molecule has 0 aromatic rings. The summed E-state index contributed by atoms with van der Waals surface area (Å²) in [6, 6.07) is 0. The zero-order chi connectivity index (χ0) is 9.52. The smallest absolute Gasteiger partial charge is 0.0603 e. The van der Waals surface area contributed by atoms with E-state index in [1.54, 1.807) is 0 Å². The standard InChI is InChI=1S/C12H23O/c1-3-4-7-10-13-12-9-6-5-8-11(12)2/h11-12H,2-10H2,1H3. The Morgan fingerprint density at radius 2 is 2.00 bits per heavy atom. The summed E-state index contributed by atoms with van der Waals surface area (Å²) in [5.41, 5.74) is 0. The van der Waals surface area contributed by atoms with Crippen LogP contribution in [-0.4, -0.2) is 12.7 Å². The number of ether oxygens (including phenoxy) is 1. The quantitative estimate of drug-likeness (QED) is 0.592. The van der Waals surface area contributed by atoms with Gasteiger partial charge in [-0.2, -0.15) is 0 Å². The van der Waals surface area contributed by atoms with Crippen molar-refractivity contribution in [2.75, 3.05) is 6.61 Å². The highest BCUT2D eigenvalue weighted by Gasteiger charge is 2.21. The first kappa shape index (κ1) is 11.0. The van der Waals surface area contributed by atoms with Gasteiger partial charge in [0.15, 0.2) is 0 Å². The van der Waals surface area contributed by atoms with Crippen LogP contribution in [0.4, 0.5) is 0 Å². The molecule has 0 bridgehead atoms. The summed E-state index contributed by atoms with van der Waals surface area (Å²) in [6.45, 7) is 7.33. The van der Waals surface area contributed by atoms with E-state index in [0.717, 1.165) is 6.61 Å². The van der Waals surface area contributed by atoms with Gasteiger partial charge in [-0.3, -0.25) is 0 Å². The van der Waals surface area contributed by atoms with Crippen molar-refractivity contribution in [2.45, 2.75) is 58.0 Å². The molecule has 1 aliphatic rings. The summed E-state index contributed by atoms with van der Waals surface area (Å²) in [5, 5.41) is 0. The van der Waals surface area contributed by atoms with Gasteiger partial charge in [-0.25, -0.2) is 0 Å². The summed E-state index contributed by atoms with van der Waals surface area (Å²) in [7, 11) is 0. The summed E-state index contributed by atoms with van der Waals surface area (Å²) in [5.74, 6) is 0.551. The first-order valence-electron chi connectivity index (χ1n) is 5.79. The molecule has 1 rings (SSSR count). The molecule has 1 nitrogen and oxygen atoms in total. The van der Waals surface area contributed by atoms with Crippen LogP contribution in [0.1, 0.15) is 51.9 Å². The maximum absolute atomic E-state index is 5.83. The van der Waals surface area contributed by atoms with Crippen LogP contribution in [0.25, 0.3) is 0 Å². The summed E-state index contributed by atoms with van der Waals surface area (Å²) >= 11 is 0. The Labute approximate surface area is 82.9 Å². The van der Waals surface area contributed by atoms with Crippen LogP contribution in [0.3, 0.4) is 0 Å². The van der Waals surface area contributed by atoms with E-state index in [1.807, 2.05) is 0 Å². The third-order valence-electron chi connectivity index (χ3n) is 2.92. The minimum atomic E-state index is 0.464. The van der Waals surface area contributed by atoms with E-state index in [0.29, 0.717) is 12.0 Å². The van der Waals surface area contributed by atoms with E-state index in [4.69, 9.17) is 4.74 Å². The van der Waals surface area contributed by atoms with Crippen molar-refractivity contribution in [1.29, 1.82) is 0 Å². The fourth-order valence-corrected chi connectivity index (χ4v) is 1.98. The molecule has 1 saturated carbocycles. The monoisotopic (exact) mass is 183 g/mol. The normalized spacial score (nSPS) is 29.1. The molecule has 0 amide bonds. The average Bonchev–Trinajstić information content (AvgIpc) is 2.15. The third-order valence-corrected chi connectivity index (χ3v) is 2.92. The van der Waals surface area contributed by atoms with Crippen molar-refractivity contribution in [3.05, 3.63) is 6.92 Å². The zero-order valence-corrected chi connectivity index (χ0v) is 8.93. The lowest BCUT2D eigenvalue weighted by Crippen LogP contribution is -2.26. The lowest BCUT2D eigenvalue weighted by Gasteiger charge is -2.28. The van der Waals surface area contributed by atoms with Crippen LogP contribution < -0.4 is 0 Å². The second kappa shape index (κ2) is 6.42. The molecular weight excluding hydrogens is 160 g/mol. The molecule has 0 spiro atoms. The number of unbranched alkanes of at least 4 members (excludes halogenated alkanes) is 2. The van der Waals surface area contributed by atoms with Crippen molar-refractivity contribution < 1.29 is 4.74 Å². The van der Waals surface area contributed by atoms with E-state index >= 15 is 0 Å². The van der Waals surface area contributed by atoms with Crippen LogP contribution in [0, 0.1) is 12.8 Å². The van der Waals surface area contributed by atoms with Gasteiger partial charge in [0.2, 0.25) is 0 Å². The first-order valence-corrected chi connectivity index (χ1v) is 5.79. The van der Waals surface area contributed by atoms with Crippen molar-refractivity contribution in [3.63, 3.8) is 0 Å². The van der Waals surface area contributed by atoms with Crippen LogP contribution in [0.15, 0.2) is 0 Å². The molecule has 1 radical (unpaired) electrons. The van der Waals surface area contributed by atoms with Crippen molar-refractivity contribution >= 4 is 0 Å². The minimum Gasteiger partial charge on any atom is -0.378 e. The van der Waals surface area contributed by atoms with E-state index in [2.05, 4.69) is 13.8 Å². The van der Waals surface area contributed by atoms with Crippen LogP contribution >= 0.6 is 0 Å². The van der Waals surface area contributed by atoms with E-state index < -0.39 is 0 Å². The fourth-order valence-electron chi connectivity index (χ4n) is 1.98. The van der Waals surface area contributed by atoms with Crippen LogP contribution in [-0.2, 0) is 4.74 Å². The Morgan fingerprint density at radius 3 is 2.69 bits per heavy atom. The highest BCUT2D eigenvalue weighted by Crippen LogP contribution is 2.26. The van der Waals surface area contributed by atoms with Crippen molar-refractivity contribution in [3.8, 4) is 0 Å². The van der Waals surface area contributed by atoms with Gasteiger partial charge in [0.1, 0.15) is 0 Å². The first-order chi connectivity index (χ1) is 6.34. The third kappa shape index (κ3) is 4.12. The molecule has 0 aromatic carbocycles. The Bertz CT molecular complexity index is 122. The Morgan fingerprint density at radius 1 is 1.23 bits per heavy atom. The van der Waals surface area contributed by atoms with Gasteiger partial charge in [0, 0.05) is 6.61 Å². The summed E-state index contributed by atoms with van der Waals surface area (Å²) in [6.07, 6.45) is 9.45. The minimum absolute atomic E-state index is 0.464. The largest absolute Gasteiger partial charge is 0.378 e. The molecule has 0 N–H and O–H groups in total. The van der Waals surface area contributed by atoms with Gasteiger partial charge in [-0.15, -0.1) is 0 Å². The number of rotatable bonds is 5. The van der Waals surface area contributed by atoms with Gasteiger partial charge < -0.3 is 4.74 Å². The van der Waals surface area contributed by atoms with Gasteiger partial charge >= 0.3 is 0 Å². The van der Waals surface area contributed by atoms with E-state index in [9.17, 15) is 0 Å². The van der Waals surface area contributed by atoms with Crippen LogP contribution in [0.5, 0.6) is 0 Å². The molecule has 0 saturated heterocycles. The molecule has 0 heterocycles. The molecule has 1 heteroatoms. The Balaban J connectivity index is 2.05. The number of hydrogen-bond donors (Lipinski definition) is 0. The maximum atomic E-state index is 5.83.